The highest BCUT2D eigenvalue weighted by Gasteiger charge is 2.22. The Kier molecular flexibility index (Phi) is 4.56. The summed E-state index contributed by atoms with van der Waals surface area (Å²) in [5, 5.41) is 0. The van der Waals surface area contributed by atoms with Crippen molar-refractivity contribution < 1.29 is 7.48 Å². The number of likely N-dealkylation sites (N-methyl/N-ethyl adjacent to an activating group) is 1. The second kappa shape index (κ2) is 7.43. The van der Waals surface area contributed by atoms with Crippen molar-refractivity contribution in [3.8, 4) is 0 Å². The molecule has 2 aliphatic rings. The van der Waals surface area contributed by atoms with Gasteiger partial charge in [0.1, 0.15) is 12.4 Å². The van der Waals surface area contributed by atoms with Crippen LogP contribution in [0.3, 0.4) is 0 Å². The fraction of sp³-hybridized carbons (Fsp3) is 0.733. The van der Waals surface area contributed by atoms with E-state index in [1.807, 2.05) is 0 Å². The van der Waals surface area contributed by atoms with Crippen LogP contribution in [-0.2, 0) is 4.74 Å². The van der Waals surface area contributed by atoms with Crippen LogP contribution >= 0.6 is 0 Å². The molecule has 0 fully saturated rings. The van der Waals surface area contributed by atoms with Gasteiger partial charge in [0.05, 0.1) is 9.30 Å². The van der Waals surface area contributed by atoms with Crippen molar-refractivity contribution in [2.75, 3.05) is 33.4 Å². The smallest absolute Gasteiger partial charge is 0.237 e. The molecule has 0 amide bonds. The number of hydrogen-bond acceptors (Lipinski definition) is 4. The molecule has 2 heterocycles. The van der Waals surface area contributed by atoms with Gasteiger partial charge in [-0.1, -0.05) is 32.3 Å². The minimum atomic E-state index is -1.67. The minimum absolute atomic E-state index is 0.344. The van der Waals surface area contributed by atoms with E-state index in [1.165, 1.54) is 0 Å². The summed E-state index contributed by atoms with van der Waals surface area (Å²) in [6.45, 7) is 2.65. The largest absolute Gasteiger partial charge is 0.476 e. The summed E-state index contributed by atoms with van der Waals surface area (Å²) >= 11 is 0. The second-order valence-electron chi connectivity index (χ2n) is 5.07. The van der Waals surface area contributed by atoms with Crippen molar-refractivity contribution in [1.82, 2.24) is 4.90 Å². The average molecular weight is 265 g/mol. The molecular weight excluding hydrogens is 238 g/mol. The second-order valence-corrected chi connectivity index (χ2v) is 5.07. The maximum absolute atomic E-state index is 7.99. The predicted octanol–water partition coefficient (Wildman–Crippen LogP) is 2.66. The molecule has 0 aromatic carbocycles. The molecule has 0 saturated heterocycles. The van der Waals surface area contributed by atoms with E-state index in [0.29, 0.717) is 19.0 Å². The maximum atomic E-state index is 7.99. The van der Waals surface area contributed by atoms with Crippen molar-refractivity contribution in [3.63, 3.8) is 0 Å². The maximum Gasteiger partial charge on any atom is 0.237 e. The Hall–Kier alpha value is -1.16. The van der Waals surface area contributed by atoms with Crippen molar-refractivity contribution in [3.05, 3.63) is 11.6 Å². The lowest BCUT2D eigenvalue weighted by Gasteiger charge is -2.23. The minimum Gasteiger partial charge on any atom is -0.476 e. The van der Waals surface area contributed by atoms with E-state index in [9.17, 15) is 0 Å². The van der Waals surface area contributed by atoms with E-state index in [-0.39, 0.29) is 0 Å². The molecule has 0 spiro atoms. The molecule has 2 aliphatic heterocycles. The number of nitrogens with zero attached hydrogens (tertiary/aromatic N) is 3. The van der Waals surface area contributed by atoms with Gasteiger partial charge in [0.2, 0.25) is 5.90 Å². The van der Waals surface area contributed by atoms with Crippen LogP contribution in [0.5, 0.6) is 0 Å². The van der Waals surface area contributed by atoms with Crippen molar-refractivity contribution in [1.29, 1.82) is 0 Å². The molecule has 0 bridgehead atoms. The molecule has 0 saturated carbocycles. The molecule has 106 valence electrons. The van der Waals surface area contributed by atoms with Crippen LogP contribution in [0.25, 0.3) is 0 Å². The van der Waals surface area contributed by atoms with Crippen LogP contribution in [0.15, 0.2) is 21.6 Å². The molecule has 0 N–H and O–H groups in total. The van der Waals surface area contributed by atoms with Gasteiger partial charge in [0.15, 0.2) is 0 Å². The van der Waals surface area contributed by atoms with Gasteiger partial charge in [-0.15, -0.1) is 0 Å². The van der Waals surface area contributed by atoms with Crippen LogP contribution in [0.2, 0.25) is 0 Å². The predicted molar refractivity (Wildman–Crippen MR) is 80.0 cm³/mol. The first-order valence-corrected chi connectivity index (χ1v) is 7.18. The van der Waals surface area contributed by atoms with Gasteiger partial charge >= 0.3 is 0 Å². The van der Waals surface area contributed by atoms with E-state index >= 15 is 0 Å². The number of aliphatic imine (C=N–C) groups is 2. The van der Waals surface area contributed by atoms with Crippen LogP contribution in [-0.4, -0.2) is 49.9 Å². The molecular formula is C15H25N3O. The molecule has 0 aromatic rings. The summed E-state index contributed by atoms with van der Waals surface area (Å²) in [4.78, 5) is 10.8. The Bertz CT molecular complexity index is 458. The summed E-state index contributed by atoms with van der Waals surface area (Å²) in [5.74, 6) is 0.373. The van der Waals surface area contributed by atoms with Crippen LogP contribution in [0.1, 0.15) is 41.8 Å². The number of rotatable bonds is 6. The van der Waals surface area contributed by atoms with Crippen molar-refractivity contribution in [2.24, 2.45) is 9.98 Å². The zero-order chi connectivity index (χ0) is 15.3. The average Bonchev–Trinajstić information content (AvgIpc) is 2.86. The summed E-state index contributed by atoms with van der Waals surface area (Å²) < 4.78 is 21.5. The first kappa shape index (κ1) is 11.6. The highest BCUT2D eigenvalue weighted by molar-refractivity contribution is 6.46. The summed E-state index contributed by atoms with van der Waals surface area (Å²) in [7, 11) is 2.07. The Morgan fingerprint density at radius 2 is 2.26 bits per heavy atom. The molecule has 0 aliphatic carbocycles. The van der Waals surface area contributed by atoms with Crippen molar-refractivity contribution >= 4 is 11.6 Å². The highest BCUT2D eigenvalue weighted by atomic mass is 16.5. The molecule has 0 radical (unpaired) electrons. The Morgan fingerprint density at radius 3 is 3.05 bits per heavy atom. The fourth-order valence-corrected chi connectivity index (χ4v) is 2.26. The molecule has 4 nitrogen and oxygen atoms in total. The Balaban J connectivity index is 1.97. The molecule has 4 heteroatoms. The van der Waals surface area contributed by atoms with Gasteiger partial charge in [0, 0.05) is 13.1 Å². The van der Waals surface area contributed by atoms with Gasteiger partial charge in [-0.2, -0.15) is 0 Å². The van der Waals surface area contributed by atoms with Crippen LogP contribution in [0, 0.1) is 0 Å². The number of unbranched alkanes of at least 4 members (excludes halogenated alkanes) is 2. The quantitative estimate of drug-likeness (QED) is 0.692. The van der Waals surface area contributed by atoms with E-state index in [2.05, 4.69) is 34.9 Å². The highest BCUT2D eigenvalue weighted by Crippen LogP contribution is 2.14. The molecule has 0 unspecified atom stereocenters. The van der Waals surface area contributed by atoms with Gasteiger partial charge in [-0.3, -0.25) is 4.99 Å². The Morgan fingerprint density at radius 1 is 1.37 bits per heavy atom. The lowest BCUT2D eigenvalue weighted by Crippen LogP contribution is -2.31. The van der Waals surface area contributed by atoms with E-state index in [1.54, 1.807) is 0 Å². The topological polar surface area (TPSA) is 37.2 Å². The zero-order valence-corrected chi connectivity index (χ0v) is 12.0. The first-order chi connectivity index (χ1) is 10.0. The lowest BCUT2D eigenvalue weighted by molar-refractivity contribution is 0.298. The summed E-state index contributed by atoms with van der Waals surface area (Å²) in [6.07, 6.45) is 6.47. The lowest BCUT2D eigenvalue weighted by atomic mass is 10.1. The fourth-order valence-electron chi connectivity index (χ4n) is 2.26. The third kappa shape index (κ3) is 4.16. The van der Waals surface area contributed by atoms with Gasteiger partial charge in [-0.05, 0) is 25.5 Å². The normalized spacial score (nSPS) is 22.3. The number of hydrogen-bond donors (Lipinski definition) is 0. The van der Waals surface area contributed by atoms with Gasteiger partial charge < -0.3 is 9.64 Å². The number of ether oxygens (including phenoxy) is 1. The standard InChI is InChI=1S/C15H25N3O/c1-3-4-5-6-10-19-15-14(16-12-17-15)13-8-7-9-18(2)11-13/h8H,3-7,9-12H2,1-2H3/i10D2. The third-order valence-electron chi connectivity index (χ3n) is 3.34. The molecule has 19 heavy (non-hydrogen) atoms. The van der Waals surface area contributed by atoms with E-state index in [0.717, 1.165) is 50.1 Å². The monoisotopic (exact) mass is 265 g/mol. The van der Waals surface area contributed by atoms with E-state index in [4.69, 9.17) is 7.48 Å². The SMILES string of the molecule is [2H]C([2H])(CCCCC)OC1=NCN=C1C1=CCCN(C)C1. The van der Waals surface area contributed by atoms with Gasteiger partial charge in [0.25, 0.3) is 0 Å². The van der Waals surface area contributed by atoms with Crippen molar-refractivity contribution in [2.45, 2.75) is 39.0 Å². The molecule has 0 atom stereocenters. The van der Waals surface area contributed by atoms with Crippen LogP contribution in [0.4, 0.5) is 0 Å². The Labute approximate surface area is 119 Å². The molecule has 0 aromatic heterocycles. The summed E-state index contributed by atoms with van der Waals surface area (Å²) in [6, 6.07) is 0. The summed E-state index contributed by atoms with van der Waals surface area (Å²) in [5.41, 5.74) is 1.84. The zero-order valence-electron chi connectivity index (χ0n) is 14.0. The first-order valence-electron chi connectivity index (χ1n) is 8.18. The van der Waals surface area contributed by atoms with Gasteiger partial charge in [-0.25, -0.2) is 4.99 Å². The third-order valence-corrected chi connectivity index (χ3v) is 3.34. The molecule has 2 rings (SSSR count). The van der Waals surface area contributed by atoms with Crippen LogP contribution < -0.4 is 0 Å². The van der Waals surface area contributed by atoms with E-state index < -0.39 is 6.56 Å².